The molecule has 0 bridgehead atoms. The summed E-state index contributed by atoms with van der Waals surface area (Å²) in [5, 5.41) is 11.6. The smallest absolute Gasteiger partial charge is 0.416 e. The highest BCUT2D eigenvalue weighted by atomic mass is 79.9. The third-order valence-electron chi connectivity index (χ3n) is 3.73. The van der Waals surface area contributed by atoms with Crippen LogP contribution in [-0.4, -0.2) is 15.8 Å². The summed E-state index contributed by atoms with van der Waals surface area (Å²) in [6, 6.07) is 11.6. The van der Waals surface area contributed by atoms with E-state index in [1.54, 1.807) is 0 Å². The zero-order chi connectivity index (χ0) is 15.4. The summed E-state index contributed by atoms with van der Waals surface area (Å²) >= 11 is 3.55. The number of halogens is 1. The molecule has 0 saturated carbocycles. The molecule has 0 aliphatic carbocycles. The van der Waals surface area contributed by atoms with E-state index in [-0.39, 0.29) is 5.41 Å². The fourth-order valence-electron chi connectivity index (χ4n) is 2.83. The fraction of sp³-hybridized carbons (Fsp3) is 0.235. The number of rotatable bonds is 0. The average molecular weight is 346 g/mol. The molecule has 0 unspecified atom stereocenters. The molecule has 0 radical (unpaired) electrons. The lowest BCUT2D eigenvalue weighted by Crippen LogP contribution is -2.16. The first-order chi connectivity index (χ1) is 9.80. The Bertz CT molecular complexity index is 872. The van der Waals surface area contributed by atoms with Crippen molar-refractivity contribution in [3.05, 3.63) is 46.4 Å². The van der Waals surface area contributed by atoms with Crippen molar-refractivity contribution in [3.8, 4) is 0 Å². The Hall–Kier alpha value is -1.81. The Kier molecular flexibility index (Phi) is 3.10. The van der Waals surface area contributed by atoms with E-state index in [1.165, 1.54) is 4.57 Å². The molecule has 0 aliphatic heterocycles. The molecule has 21 heavy (non-hydrogen) atoms. The highest BCUT2D eigenvalue weighted by Gasteiger charge is 2.24. The van der Waals surface area contributed by atoms with Crippen molar-refractivity contribution < 1.29 is 9.90 Å². The number of hydrogen-bond donors (Lipinski definition) is 1. The molecular formula is C17H16BrNO2. The largest absolute Gasteiger partial charge is 0.464 e. The van der Waals surface area contributed by atoms with Gasteiger partial charge in [0.2, 0.25) is 0 Å². The van der Waals surface area contributed by atoms with Gasteiger partial charge in [-0.1, -0.05) is 54.9 Å². The predicted molar refractivity (Wildman–Crippen MR) is 89.3 cm³/mol. The van der Waals surface area contributed by atoms with Gasteiger partial charge in [-0.2, -0.15) is 0 Å². The maximum absolute atomic E-state index is 11.8. The maximum atomic E-state index is 11.8. The van der Waals surface area contributed by atoms with Crippen LogP contribution >= 0.6 is 15.9 Å². The van der Waals surface area contributed by atoms with Crippen molar-refractivity contribution in [1.82, 2.24) is 4.57 Å². The number of nitrogens with zero attached hydrogens (tertiary/aromatic N) is 1. The number of para-hydroxylation sites is 1. The molecule has 0 aliphatic rings. The molecule has 0 saturated heterocycles. The predicted octanol–water partition coefficient (Wildman–Crippen LogP) is 5.38. The van der Waals surface area contributed by atoms with E-state index in [4.69, 9.17) is 0 Å². The number of carboxylic acid groups (broad SMARTS) is 1. The molecule has 3 nitrogen and oxygen atoms in total. The number of fused-ring (bicyclic) bond motifs is 3. The Balaban J connectivity index is 2.64. The van der Waals surface area contributed by atoms with Gasteiger partial charge in [-0.25, -0.2) is 9.36 Å². The van der Waals surface area contributed by atoms with E-state index in [0.29, 0.717) is 0 Å². The summed E-state index contributed by atoms with van der Waals surface area (Å²) in [4.78, 5) is 11.8. The Labute approximate surface area is 131 Å². The van der Waals surface area contributed by atoms with Crippen molar-refractivity contribution in [2.45, 2.75) is 26.2 Å². The molecule has 1 N–H and O–H groups in total. The Morgan fingerprint density at radius 1 is 1.14 bits per heavy atom. The van der Waals surface area contributed by atoms with Gasteiger partial charge in [-0.05, 0) is 29.2 Å². The van der Waals surface area contributed by atoms with Gasteiger partial charge in [-0.3, -0.25) is 0 Å². The summed E-state index contributed by atoms with van der Waals surface area (Å²) in [5.41, 5.74) is 2.37. The molecule has 0 amide bonds. The van der Waals surface area contributed by atoms with Crippen molar-refractivity contribution in [2.24, 2.45) is 0 Å². The van der Waals surface area contributed by atoms with Gasteiger partial charge in [0.15, 0.2) is 0 Å². The third kappa shape index (κ3) is 2.14. The van der Waals surface area contributed by atoms with E-state index in [1.807, 2.05) is 36.4 Å². The van der Waals surface area contributed by atoms with E-state index < -0.39 is 6.09 Å². The van der Waals surface area contributed by atoms with E-state index in [0.717, 1.165) is 31.8 Å². The van der Waals surface area contributed by atoms with Crippen LogP contribution in [0, 0.1) is 0 Å². The number of aromatic nitrogens is 1. The number of carbonyl (C=O) groups is 1. The first-order valence-corrected chi connectivity index (χ1v) is 7.56. The lowest BCUT2D eigenvalue weighted by atomic mass is 9.85. The van der Waals surface area contributed by atoms with Gasteiger partial charge in [-0.15, -0.1) is 0 Å². The normalized spacial score (nSPS) is 12.2. The second-order valence-electron chi connectivity index (χ2n) is 6.23. The second kappa shape index (κ2) is 4.60. The summed E-state index contributed by atoms with van der Waals surface area (Å²) < 4.78 is 2.37. The SMILES string of the molecule is CC(C)(C)c1cc(Br)cc2c3ccccc3n(C(=O)O)c12. The molecule has 0 spiro atoms. The topological polar surface area (TPSA) is 42.2 Å². The quantitative estimate of drug-likeness (QED) is 0.594. The minimum Gasteiger partial charge on any atom is -0.464 e. The molecule has 1 heterocycles. The molecule has 4 heteroatoms. The van der Waals surface area contributed by atoms with Crippen LogP contribution in [0.3, 0.4) is 0 Å². The molecule has 3 rings (SSSR count). The third-order valence-corrected chi connectivity index (χ3v) is 4.19. The van der Waals surface area contributed by atoms with Gasteiger partial charge in [0.1, 0.15) is 0 Å². The van der Waals surface area contributed by atoms with Gasteiger partial charge in [0, 0.05) is 15.2 Å². The second-order valence-corrected chi connectivity index (χ2v) is 7.15. The van der Waals surface area contributed by atoms with Gasteiger partial charge in [0.25, 0.3) is 0 Å². The lowest BCUT2D eigenvalue weighted by Gasteiger charge is -2.21. The molecule has 0 fully saturated rings. The summed E-state index contributed by atoms with van der Waals surface area (Å²) in [7, 11) is 0. The molecule has 2 aromatic carbocycles. The first kappa shape index (κ1) is 14.1. The van der Waals surface area contributed by atoms with Crippen LogP contribution in [0.25, 0.3) is 21.8 Å². The molecule has 3 aromatic rings. The van der Waals surface area contributed by atoms with Gasteiger partial charge >= 0.3 is 6.09 Å². The fourth-order valence-corrected chi connectivity index (χ4v) is 3.29. The summed E-state index contributed by atoms with van der Waals surface area (Å²) in [6.07, 6.45) is -0.950. The van der Waals surface area contributed by atoms with Crippen molar-refractivity contribution in [1.29, 1.82) is 0 Å². The minimum atomic E-state index is -0.950. The summed E-state index contributed by atoms with van der Waals surface area (Å²) in [6.45, 7) is 6.29. The van der Waals surface area contributed by atoms with E-state index in [2.05, 4.69) is 36.7 Å². The van der Waals surface area contributed by atoms with Crippen LogP contribution in [-0.2, 0) is 5.41 Å². The number of hydrogen-bond acceptors (Lipinski definition) is 1. The van der Waals surface area contributed by atoms with E-state index >= 15 is 0 Å². The van der Waals surface area contributed by atoms with Gasteiger partial charge in [0.05, 0.1) is 11.0 Å². The monoisotopic (exact) mass is 345 g/mol. The molecule has 0 atom stereocenters. The maximum Gasteiger partial charge on any atom is 0.416 e. The van der Waals surface area contributed by atoms with Crippen LogP contribution < -0.4 is 0 Å². The molecule has 1 aromatic heterocycles. The van der Waals surface area contributed by atoms with Crippen molar-refractivity contribution in [3.63, 3.8) is 0 Å². The highest BCUT2D eigenvalue weighted by Crippen LogP contribution is 2.38. The Morgan fingerprint density at radius 3 is 2.43 bits per heavy atom. The average Bonchev–Trinajstić information content (AvgIpc) is 2.71. The highest BCUT2D eigenvalue weighted by molar-refractivity contribution is 9.10. The number of benzene rings is 2. The Morgan fingerprint density at radius 2 is 1.81 bits per heavy atom. The van der Waals surface area contributed by atoms with E-state index in [9.17, 15) is 9.90 Å². The zero-order valence-electron chi connectivity index (χ0n) is 12.1. The first-order valence-electron chi connectivity index (χ1n) is 6.77. The van der Waals surface area contributed by atoms with Crippen LogP contribution in [0.1, 0.15) is 26.3 Å². The zero-order valence-corrected chi connectivity index (χ0v) is 13.7. The van der Waals surface area contributed by atoms with Crippen LogP contribution in [0.15, 0.2) is 40.9 Å². The molecular weight excluding hydrogens is 330 g/mol. The summed E-state index contributed by atoms with van der Waals surface area (Å²) in [5.74, 6) is 0. The van der Waals surface area contributed by atoms with Gasteiger partial charge < -0.3 is 5.11 Å². The minimum absolute atomic E-state index is 0.149. The van der Waals surface area contributed by atoms with Crippen LogP contribution in [0.5, 0.6) is 0 Å². The standard InChI is InChI=1S/C17H16BrNO2/c1-17(2,3)13-9-10(18)8-12-11-6-4-5-7-14(11)19(15(12)13)16(20)21/h4-9H,1-3H3,(H,20,21). The molecule has 108 valence electrons. The lowest BCUT2D eigenvalue weighted by molar-refractivity contribution is 0.198. The van der Waals surface area contributed by atoms with Crippen LogP contribution in [0.4, 0.5) is 4.79 Å². The van der Waals surface area contributed by atoms with Crippen molar-refractivity contribution >= 4 is 43.8 Å². The van der Waals surface area contributed by atoms with Crippen LogP contribution in [0.2, 0.25) is 0 Å². The van der Waals surface area contributed by atoms with Crippen molar-refractivity contribution in [2.75, 3.05) is 0 Å².